The summed E-state index contributed by atoms with van der Waals surface area (Å²) in [4.78, 5) is 5.79. The molecular weight excluding hydrogens is 224 g/mol. The summed E-state index contributed by atoms with van der Waals surface area (Å²) in [5, 5.41) is 10.8. The van der Waals surface area contributed by atoms with Gasteiger partial charge >= 0.3 is 0 Å². The van der Waals surface area contributed by atoms with Crippen LogP contribution >= 0.6 is 0 Å². The van der Waals surface area contributed by atoms with E-state index in [4.69, 9.17) is 10.1 Å². The number of nitrogens with zero attached hydrogens (tertiary/aromatic N) is 2. The Morgan fingerprint density at radius 1 is 1.22 bits per heavy atom. The van der Waals surface area contributed by atoms with Gasteiger partial charge in [-0.05, 0) is 31.2 Å². The molecule has 1 aliphatic rings. The minimum absolute atomic E-state index is 0.253. The van der Waals surface area contributed by atoms with E-state index in [-0.39, 0.29) is 5.92 Å². The Hall–Kier alpha value is -1.37. The van der Waals surface area contributed by atoms with Crippen LogP contribution in [0, 0.1) is 17.2 Å². The smallest absolute Gasteiger partial charge is 0.0935 e. The Morgan fingerprint density at radius 3 is 2.50 bits per heavy atom. The van der Waals surface area contributed by atoms with Crippen molar-refractivity contribution in [3.63, 3.8) is 0 Å². The SMILES string of the molecule is CN(OCc1ccccc1)[C@H]1CC[C@H](C#N)CC1. The van der Waals surface area contributed by atoms with E-state index in [0.29, 0.717) is 12.6 Å². The minimum Gasteiger partial charge on any atom is -0.294 e. The summed E-state index contributed by atoms with van der Waals surface area (Å²) in [6, 6.07) is 13.0. The molecule has 3 heteroatoms. The standard InChI is InChI=1S/C15H20N2O/c1-17(15-9-7-13(11-16)8-10-15)18-12-14-5-3-2-4-6-14/h2-6,13,15H,7-10,12H2,1H3/t13-,15-. The van der Waals surface area contributed by atoms with Gasteiger partial charge in [0.05, 0.1) is 12.7 Å². The minimum atomic E-state index is 0.253. The van der Waals surface area contributed by atoms with Crippen LogP contribution in [0.25, 0.3) is 0 Å². The van der Waals surface area contributed by atoms with E-state index in [1.165, 1.54) is 5.56 Å². The fourth-order valence-electron chi connectivity index (χ4n) is 2.42. The zero-order chi connectivity index (χ0) is 12.8. The van der Waals surface area contributed by atoms with Gasteiger partial charge in [-0.1, -0.05) is 30.3 Å². The van der Waals surface area contributed by atoms with E-state index in [1.54, 1.807) is 0 Å². The summed E-state index contributed by atoms with van der Waals surface area (Å²) in [5.74, 6) is 0.253. The first kappa shape index (κ1) is 13.1. The lowest BCUT2D eigenvalue weighted by Crippen LogP contribution is -2.34. The molecule has 0 atom stereocenters. The number of nitriles is 1. The summed E-state index contributed by atoms with van der Waals surface area (Å²) < 4.78 is 0. The molecule has 0 N–H and O–H groups in total. The second-order valence-corrected chi connectivity index (χ2v) is 4.94. The molecule has 0 aromatic heterocycles. The number of hydrogen-bond acceptors (Lipinski definition) is 3. The molecular formula is C15H20N2O. The van der Waals surface area contributed by atoms with Gasteiger partial charge in [0.15, 0.2) is 0 Å². The van der Waals surface area contributed by atoms with Crippen molar-refractivity contribution >= 4 is 0 Å². The third kappa shape index (κ3) is 3.56. The highest BCUT2D eigenvalue weighted by atomic mass is 16.7. The first-order valence-electron chi connectivity index (χ1n) is 6.59. The van der Waals surface area contributed by atoms with Crippen LogP contribution in [0.15, 0.2) is 30.3 Å². The second-order valence-electron chi connectivity index (χ2n) is 4.94. The summed E-state index contributed by atoms with van der Waals surface area (Å²) in [7, 11) is 2.00. The molecule has 1 aromatic rings. The predicted molar refractivity (Wildman–Crippen MR) is 70.4 cm³/mol. The zero-order valence-corrected chi connectivity index (χ0v) is 10.9. The third-order valence-corrected chi connectivity index (χ3v) is 3.67. The lowest BCUT2D eigenvalue weighted by molar-refractivity contribution is -0.184. The molecule has 0 amide bonds. The Labute approximate surface area is 109 Å². The molecule has 0 unspecified atom stereocenters. The van der Waals surface area contributed by atoms with Gasteiger partial charge in [-0.15, -0.1) is 0 Å². The van der Waals surface area contributed by atoms with Crippen molar-refractivity contribution in [3.8, 4) is 6.07 Å². The van der Waals surface area contributed by atoms with Crippen LogP contribution in [0.4, 0.5) is 0 Å². The van der Waals surface area contributed by atoms with Crippen molar-refractivity contribution in [1.29, 1.82) is 5.26 Å². The fraction of sp³-hybridized carbons (Fsp3) is 0.533. The molecule has 0 saturated heterocycles. The Bertz CT molecular complexity index is 391. The molecule has 0 aliphatic heterocycles. The first-order chi connectivity index (χ1) is 8.79. The number of hydroxylamine groups is 2. The van der Waals surface area contributed by atoms with Crippen LogP contribution in [-0.2, 0) is 11.4 Å². The monoisotopic (exact) mass is 244 g/mol. The lowest BCUT2D eigenvalue weighted by Gasteiger charge is -2.31. The zero-order valence-electron chi connectivity index (χ0n) is 10.9. The summed E-state index contributed by atoms with van der Waals surface area (Å²) in [5.41, 5.74) is 1.19. The quantitative estimate of drug-likeness (QED) is 0.763. The molecule has 0 spiro atoms. The molecule has 0 bridgehead atoms. The van der Waals surface area contributed by atoms with Crippen LogP contribution in [0.5, 0.6) is 0 Å². The molecule has 96 valence electrons. The van der Waals surface area contributed by atoms with E-state index < -0.39 is 0 Å². The van der Waals surface area contributed by atoms with Gasteiger partial charge in [-0.25, -0.2) is 0 Å². The van der Waals surface area contributed by atoms with Crippen molar-refractivity contribution in [1.82, 2.24) is 5.06 Å². The van der Waals surface area contributed by atoms with E-state index in [1.807, 2.05) is 30.3 Å². The number of benzene rings is 1. The molecule has 2 rings (SSSR count). The molecule has 3 nitrogen and oxygen atoms in total. The summed E-state index contributed by atoms with van der Waals surface area (Å²) in [6.45, 7) is 0.621. The third-order valence-electron chi connectivity index (χ3n) is 3.67. The Kier molecular flexibility index (Phi) is 4.74. The predicted octanol–water partition coefficient (Wildman–Crippen LogP) is 3.13. The van der Waals surface area contributed by atoms with E-state index in [0.717, 1.165) is 25.7 Å². The van der Waals surface area contributed by atoms with Crippen molar-refractivity contribution in [2.24, 2.45) is 5.92 Å². The average molecular weight is 244 g/mol. The van der Waals surface area contributed by atoms with Crippen molar-refractivity contribution < 1.29 is 4.84 Å². The normalized spacial score (nSPS) is 23.8. The molecule has 1 saturated carbocycles. The number of rotatable bonds is 4. The Morgan fingerprint density at radius 2 is 1.89 bits per heavy atom. The van der Waals surface area contributed by atoms with Crippen molar-refractivity contribution in [3.05, 3.63) is 35.9 Å². The van der Waals surface area contributed by atoms with Crippen LogP contribution in [0.1, 0.15) is 31.2 Å². The van der Waals surface area contributed by atoms with Crippen LogP contribution in [0.2, 0.25) is 0 Å². The molecule has 18 heavy (non-hydrogen) atoms. The van der Waals surface area contributed by atoms with E-state index >= 15 is 0 Å². The lowest BCUT2D eigenvalue weighted by atomic mass is 9.87. The first-order valence-corrected chi connectivity index (χ1v) is 6.59. The van der Waals surface area contributed by atoms with E-state index in [9.17, 15) is 0 Å². The van der Waals surface area contributed by atoms with Crippen molar-refractivity contribution in [2.45, 2.75) is 38.3 Å². The summed E-state index contributed by atoms with van der Waals surface area (Å²) >= 11 is 0. The number of hydrogen-bond donors (Lipinski definition) is 0. The topological polar surface area (TPSA) is 36.3 Å². The molecule has 0 radical (unpaired) electrons. The highest BCUT2D eigenvalue weighted by molar-refractivity contribution is 5.13. The van der Waals surface area contributed by atoms with Gasteiger partial charge < -0.3 is 0 Å². The van der Waals surface area contributed by atoms with Gasteiger partial charge in [0.1, 0.15) is 0 Å². The van der Waals surface area contributed by atoms with Gasteiger partial charge in [0, 0.05) is 19.0 Å². The maximum atomic E-state index is 8.87. The van der Waals surface area contributed by atoms with E-state index in [2.05, 4.69) is 18.2 Å². The molecule has 1 aromatic carbocycles. The highest BCUT2D eigenvalue weighted by Gasteiger charge is 2.24. The van der Waals surface area contributed by atoms with Gasteiger partial charge in [-0.2, -0.15) is 10.3 Å². The molecule has 1 aliphatic carbocycles. The van der Waals surface area contributed by atoms with Gasteiger partial charge in [0.25, 0.3) is 0 Å². The maximum Gasteiger partial charge on any atom is 0.0935 e. The van der Waals surface area contributed by atoms with Crippen LogP contribution in [-0.4, -0.2) is 18.2 Å². The average Bonchev–Trinajstić information content (AvgIpc) is 2.46. The molecule has 1 fully saturated rings. The van der Waals surface area contributed by atoms with Crippen molar-refractivity contribution in [2.75, 3.05) is 7.05 Å². The fourth-order valence-corrected chi connectivity index (χ4v) is 2.42. The Balaban J connectivity index is 1.76. The largest absolute Gasteiger partial charge is 0.294 e. The van der Waals surface area contributed by atoms with Crippen LogP contribution < -0.4 is 0 Å². The van der Waals surface area contributed by atoms with Gasteiger partial charge in [0.2, 0.25) is 0 Å². The highest BCUT2D eigenvalue weighted by Crippen LogP contribution is 2.26. The van der Waals surface area contributed by atoms with Gasteiger partial charge in [-0.3, -0.25) is 4.84 Å². The maximum absolute atomic E-state index is 8.87. The molecule has 0 heterocycles. The second kappa shape index (κ2) is 6.53. The van der Waals surface area contributed by atoms with Crippen LogP contribution in [0.3, 0.4) is 0 Å². The summed E-state index contributed by atoms with van der Waals surface area (Å²) in [6.07, 6.45) is 4.12.